The van der Waals surface area contributed by atoms with Gasteiger partial charge in [-0.2, -0.15) is 0 Å². The van der Waals surface area contributed by atoms with Crippen LogP contribution in [0.5, 0.6) is 0 Å². The van der Waals surface area contributed by atoms with Gasteiger partial charge in [0.2, 0.25) is 9.84 Å². The first-order valence-corrected chi connectivity index (χ1v) is 8.05. The molecule has 1 aromatic carbocycles. The molecule has 2 heterocycles. The monoisotopic (exact) mass is 299 g/mol. The first-order chi connectivity index (χ1) is 9.08. The predicted molar refractivity (Wildman–Crippen MR) is 73.9 cm³/mol. The van der Waals surface area contributed by atoms with Crippen LogP contribution in [0.4, 0.5) is 0 Å². The van der Waals surface area contributed by atoms with E-state index in [4.69, 9.17) is 16.3 Å². The normalized spacial score (nSPS) is 22.1. The number of hydrogen-bond acceptors (Lipinski definition) is 4. The molecule has 0 atom stereocenters. The zero-order valence-corrected chi connectivity index (χ0v) is 11.9. The predicted octanol–water partition coefficient (Wildman–Crippen LogP) is 1.80. The molecular weight excluding hydrogens is 286 g/mol. The smallest absolute Gasteiger partial charge is 0.202 e. The number of rotatable bonds is 2. The quantitative estimate of drug-likeness (QED) is 0.835. The summed E-state index contributed by atoms with van der Waals surface area (Å²) in [7, 11) is -3.39. The molecule has 0 spiro atoms. The van der Waals surface area contributed by atoms with Crippen LogP contribution in [0.15, 0.2) is 28.5 Å². The summed E-state index contributed by atoms with van der Waals surface area (Å²) in [5.41, 5.74) is 1.55. The van der Waals surface area contributed by atoms with Crippen molar-refractivity contribution in [1.82, 2.24) is 4.90 Å². The number of benzene rings is 1. The van der Waals surface area contributed by atoms with Crippen molar-refractivity contribution in [3.05, 3.63) is 34.2 Å². The van der Waals surface area contributed by atoms with Gasteiger partial charge in [0.1, 0.15) is 0 Å². The van der Waals surface area contributed by atoms with Gasteiger partial charge in [0, 0.05) is 30.6 Å². The molecule has 2 aliphatic rings. The van der Waals surface area contributed by atoms with E-state index < -0.39 is 9.84 Å². The van der Waals surface area contributed by atoms with E-state index in [-0.39, 0.29) is 4.90 Å². The van der Waals surface area contributed by atoms with Crippen LogP contribution in [0.3, 0.4) is 0 Å². The Bertz CT molecular complexity index is 633. The number of halogens is 1. The van der Waals surface area contributed by atoms with Gasteiger partial charge in [0.15, 0.2) is 0 Å². The Morgan fingerprint density at radius 1 is 1.26 bits per heavy atom. The highest BCUT2D eigenvalue weighted by molar-refractivity contribution is 7.95. The molecule has 102 valence electrons. The van der Waals surface area contributed by atoms with Crippen LogP contribution in [-0.2, 0) is 14.6 Å². The zero-order chi connectivity index (χ0) is 13.5. The second-order valence-corrected chi connectivity index (χ2v) is 6.83. The van der Waals surface area contributed by atoms with Gasteiger partial charge in [-0.3, -0.25) is 4.90 Å². The fraction of sp³-hybridized carbons (Fsp3) is 0.385. The van der Waals surface area contributed by atoms with Crippen molar-refractivity contribution < 1.29 is 13.2 Å². The van der Waals surface area contributed by atoms with Gasteiger partial charge in [-0.25, -0.2) is 8.42 Å². The Morgan fingerprint density at radius 3 is 2.74 bits per heavy atom. The van der Waals surface area contributed by atoms with E-state index >= 15 is 0 Å². The topological polar surface area (TPSA) is 46.6 Å². The van der Waals surface area contributed by atoms with Crippen molar-refractivity contribution in [3.63, 3.8) is 0 Å². The van der Waals surface area contributed by atoms with Gasteiger partial charge >= 0.3 is 0 Å². The van der Waals surface area contributed by atoms with Crippen molar-refractivity contribution in [2.75, 3.05) is 32.8 Å². The van der Waals surface area contributed by atoms with Gasteiger partial charge in [0.05, 0.1) is 23.1 Å². The van der Waals surface area contributed by atoms with E-state index in [1.54, 1.807) is 12.1 Å². The van der Waals surface area contributed by atoms with Crippen LogP contribution < -0.4 is 0 Å². The highest BCUT2D eigenvalue weighted by atomic mass is 35.5. The van der Waals surface area contributed by atoms with E-state index in [2.05, 4.69) is 4.90 Å². The van der Waals surface area contributed by atoms with Crippen molar-refractivity contribution >= 4 is 27.0 Å². The summed E-state index contributed by atoms with van der Waals surface area (Å²) >= 11 is 6.02. The molecule has 0 aromatic heterocycles. The van der Waals surface area contributed by atoms with Crippen molar-refractivity contribution in [1.29, 1.82) is 0 Å². The van der Waals surface area contributed by atoms with Crippen molar-refractivity contribution in [2.45, 2.75) is 4.90 Å². The van der Waals surface area contributed by atoms with Crippen LogP contribution in [-0.4, -0.2) is 46.2 Å². The highest BCUT2D eigenvalue weighted by Crippen LogP contribution is 2.38. The molecule has 1 saturated heterocycles. The minimum absolute atomic E-state index is 0.250. The second-order valence-electron chi connectivity index (χ2n) is 4.69. The molecule has 1 aromatic rings. The van der Waals surface area contributed by atoms with E-state index in [1.165, 1.54) is 5.41 Å². The molecule has 2 aliphatic heterocycles. The van der Waals surface area contributed by atoms with Crippen LogP contribution in [0.1, 0.15) is 5.56 Å². The van der Waals surface area contributed by atoms with Gasteiger partial charge in [-0.1, -0.05) is 23.7 Å². The first kappa shape index (κ1) is 13.1. The molecular formula is C13H14ClNO3S. The summed E-state index contributed by atoms with van der Waals surface area (Å²) in [6.07, 6.45) is 0. The van der Waals surface area contributed by atoms with E-state index in [1.807, 2.05) is 6.07 Å². The Hall–Kier alpha value is -0.880. The van der Waals surface area contributed by atoms with Gasteiger partial charge in [-0.05, 0) is 11.6 Å². The Balaban J connectivity index is 1.94. The summed E-state index contributed by atoms with van der Waals surface area (Å²) in [6.45, 7) is 3.67. The number of hydrogen-bond donors (Lipinski definition) is 0. The highest BCUT2D eigenvalue weighted by Gasteiger charge is 2.30. The molecule has 0 N–H and O–H groups in total. The Morgan fingerprint density at radius 2 is 2.00 bits per heavy atom. The van der Waals surface area contributed by atoms with Crippen LogP contribution in [0.2, 0.25) is 5.02 Å². The maximum absolute atomic E-state index is 12.1. The average Bonchev–Trinajstić information content (AvgIpc) is 2.63. The number of ether oxygens (including phenoxy) is 1. The lowest BCUT2D eigenvalue weighted by Gasteiger charge is -2.27. The zero-order valence-electron chi connectivity index (χ0n) is 10.3. The van der Waals surface area contributed by atoms with Crippen molar-refractivity contribution in [2.24, 2.45) is 0 Å². The summed E-state index contributed by atoms with van der Waals surface area (Å²) < 4.78 is 29.5. The maximum atomic E-state index is 12.1. The van der Waals surface area contributed by atoms with Gasteiger partial charge in [-0.15, -0.1) is 0 Å². The molecule has 3 rings (SSSR count). The Labute approximate surface area is 117 Å². The SMILES string of the molecule is O=S1(=O)C=C(CN2CCOCC2)c2cccc(Cl)c21. The fourth-order valence-corrected chi connectivity index (χ4v) is 4.52. The standard InChI is InChI=1S/C13H14ClNO3S/c14-12-3-1-2-11-10(9-19(16,17)13(11)12)8-15-4-6-18-7-5-15/h1-3,9H,4-8H2. The molecule has 0 saturated carbocycles. The Kier molecular flexibility index (Phi) is 3.39. The third kappa shape index (κ3) is 2.43. The number of sulfone groups is 1. The third-order valence-corrected chi connectivity index (χ3v) is 5.42. The summed E-state index contributed by atoms with van der Waals surface area (Å²) in [5.74, 6) is 0. The lowest BCUT2D eigenvalue weighted by molar-refractivity contribution is 0.0444. The molecule has 0 radical (unpaired) electrons. The molecule has 19 heavy (non-hydrogen) atoms. The summed E-state index contributed by atoms with van der Waals surface area (Å²) in [4.78, 5) is 2.45. The van der Waals surface area contributed by atoms with Crippen LogP contribution >= 0.6 is 11.6 Å². The number of nitrogens with zero attached hydrogens (tertiary/aromatic N) is 1. The summed E-state index contributed by atoms with van der Waals surface area (Å²) in [6, 6.07) is 5.22. The van der Waals surface area contributed by atoms with Crippen LogP contribution in [0, 0.1) is 0 Å². The molecule has 0 unspecified atom stereocenters. The first-order valence-electron chi connectivity index (χ1n) is 6.12. The molecule has 6 heteroatoms. The van der Waals surface area contributed by atoms with E-state index in [0.717, 1.165) is 24.2 Å². The minimum Gasteiger partial charge on any atom is -0.379 e. The maximum Gasteiger partial charge on any atom is 0.202 e. The van der Waals surface area contributed by atoms with E-state index in [0.29, 0.717) is 24.8 Å². The van der Waals surface area contributed by atoms with Gasteiger partial charge < -0.3 is 4.74 Å². The van der Waals surface area contributed by atoms with Gasteiger partial charge in [0.25, 0.3) is 0 Å². The average molecular weight is 300 g/mol. The van der Waals surface area contributed by atoms with Crippen LogP contribution in [0.25, 0.3) is 5.57 Å². The summed E-state index contributed by atoms with van der Waals surface area (Å²) in [5, 5.41) is 1.64. The second kappa shape index (κ2) is 4.90. The fourth-order valence-electron chi connectivity index (χ4n) is 2.48. The van der Waals surface area contributed by atoms with E-state index in [9.17, 15) is 8.42 Å². The molecule has 4 nitrogen and oxygen atoms in total. The minimum atomic E-state index is -3.39. The molecule has 0 amide bonds. The molecule has 1 fully saturated rings. The number of morpholine rings is 1. The molecule has 0 aliphatic carbocycles. The lowest BCUT2D eigenvalue weighted by atomic mass is 10.1. The largest absolute Gasteiger partial charge is 0.379 e. The van der Waals surface area contributed by atoms with Crippen molar-refractivity contribution in [3.8, 4) is 0 Å². The molecule has 0 bridgehead atoms. The number of fused-ring (bicyclic) bond motifs is 1. The lowest BCUT2D eigenvalue weighted by Crippen LogP contribution is -2.37. The third-order valence-electron chi connectivity index (χ3n) is 3.39.